The zero-order valence-corrected chi connectivity index (χ0v) is 17.5. The van der Waals surface area contributed by atoms with E-state index in [1.807, 2.05) is 45.9 Å². The van der Waals surface area contributed by atoms with Crippen LogP contribution in [0.4, 0.5) is 11.5 Å². The van der Waals surface area contributed by atoms with Crippen LogP contribution in [0.2, 0.25) is 0 Å². The lowest BCUT2D eigenvalue weighted by Gasteiger charge is -2.10. The summed E-state index contributed by atoms with van der Waals surface area (Å²) in [4.78, 5) is 12.5. The van der Waals surface area contributed by atoms with Crippen LogP contribution >= 0.6 is 0 Å². The van der Waals surface area contributed by atoms with Crippen LogP contribution in [-0.4, -0.2) is 29.3 Å². The summed E-state index contributed by atoms with van der Waals surface area (Å²) in [7, 11) is -3.95. The summed E-state index contributed by atoms with van der Waals surface area (Å²) in [5.74, 6) is -0.565. The van der Waals surface area contributed by atoms with E-state index in [0.717, 1.165) is 26.9 Å². The Morgan fingerprint density at radius 3 is 2.41 bits per heavy atom. The lowest BCUT2D eigenvalue weighted by atomic mass is 10.1. The van der Waals surface area contributed by atoms with E-state index in [-0.39, 0.29) is 28.2 Å². The molecule has 0 aliphatic rings. The molecule has 152 valence electrons. The molecule has 8 nitrogen and oxygen atoms in total. The minimum absolute atomic E-state index is 0.0826. The van der Waals surface area contributed by atoms with Crippen molar-refractivity contribution in [1.29, 1.82) is 0 Å². The van der Waals surface area contributed by atoms with Gasteiger partial charge in [0, 0.05) is 5.69 Å². The van der Waals surface area contributed by atoms with E-state index in [4.69, 9.17) is 5.73 Å². The number of carbonyl (C=O) groups is 1. The van der Waals surface area contributed by atoms with Gasteiger partial charge in [0.25, 0.3) is 0 Å². The van der Waals surface area contributed by atoms with Crippen LogP contribution in [-0.2, 0) is 21.2 Å². The topological polar surface area (TPSA) is 120 Å². The van der Waals surface area contributed by atoms with E-state index in [1.54, 1.807) is 12.1 Å². The molecule has 9 heteroatoms. The predicted octanol–water partition coefficient (Wildman–Crippen LogP) is 2.57. The molecule has 0 saturated carbocycles. The van der Waals surface area contributed by atoms with Crippen molar-refractivity contribution in [2.45, 2.75) is 44.2 Å². The molecule has 0 fully saturated rings. The first-order chi connectivity index (χ1) is 13.6. The second-order valence-electron chi connectivity index (χ2n) is 7.05. The number of nitrogens with zero attached hydrogens (tertiary/aromatic N) is 3. The van der Waals surface area contributed by atoms with Crippen molar-refractivity contribution in [2.24, 2.45) is 0 Å². The number of anilines is 2. The van der Waals surface area contributed by atoms with E-state index in [9.17, 15) is 13.2 Å². The number of nitrogens with one attached hydrogen (secondary N) is 1. The van der Waals surface area contributed by atoms with E-state index >= 15 is 0 Å². The molecule has 3 rings (SSSR count). The highest BCUT2D eigenvalue weighted by molar-refractivity contribution is 7.91. The van der Waals surface area contributed by atoms with Crippen molar-refractivity contribution in [2.75, 3.05) is 11.1 Å². The first kappa shape index (κ1) is 20.5. The molecule has 3 aromatic rings. The Bertz CT molecular complexity index is 1200. The maximum atomic E-state index is 12.9. The predicted molar refractivity (Wildman–Crippen MR) is 110 cm³/mol. The number of amides is 1. The fraction of sp³-hybridized carbons (Fsp3) is 0.250. The largest absolute Gasteiger partial charge is 0.381 e. The second kappa shape index (κ2) is 7.67. The minimum Gasteiger partial charge on any atom is -0.381 e. The van der Waals surface area contributed by atoms with Gasteiger partial charge in [0.1, 0.15) is 6.54 Å². The molecule has 0 spiro atoms. The van der Waals surface area contributed by atoms with Gasteiger partial charge >= 0.3 is 0 Å². The molecule has 1 aromatic heterocycles. The van der Waals surface area contributed by atoms with Gasteiger partial charge in [-0.15, -0.1) is 5.10 Å². The molecular weight excluding hydrogens is 390 g/mol. The van der Waals surface area contributed by atoms with Crippen molar-refractivity contribution in [1.82, 2.24) is 15.0 Å². The van der Waals surface area contributed by atoms with Crippen LogP contribution in [0.3, 0.4) is 0 Å². The normalized spacial score (nSPS) is 11.4. The number of hydrogen-bond acceptors (Lipinski definition) is 6. The summed E-state index contributed by atoms with van der Waals surface area (Å²) in [5, 5.41) is 9.93. The summed E-state index contributed by atoms with van der Waals surface area (Å²) < 4.78 is 26.9. The van der Waals surface area contributed by atoms with Crippen LogP contribution in [0.5, 0.6) is 0 Å². The molecule has 3 N–H and O–H groups in total. The van der Waals surface area contributed by atoms with Crippen molar-refractivity contribution in [3.63, 3.8) is 0 Å². The summed E-state index contributed by atoms with van der Waals surface area (Å²) in [5.41, 5.74) is 10.4. The van der Waals surface area contributed by atoms with E-state index in [1.165, 1.54) is 6.07 Å². The number of carbonyl (C=O) groups excluding carboxylic acids is 1. The fourth-order valence-electron chi connectivity index (χ4n) is 2.80. The van der Waals surface area contributed by atoms with Crippen molar-refractivity contribution < 1.29 is 13.2 Å². The lowest BCUT2D eigenvalue weighted by Crippen LogP contribution is -2.21. The number of nitrogen functional groups attached to an aromatic ring is 1. The third kappa shape index (κ3) is 4.14. The van der Waals surface area contributed by atoms with Gasteiger partial charge in [0.05, 0.1) is 4.90 Å². The number of sulfone groups is 1. The van der Waals surface area contributed by atoms with Crippen molar-refractivity contribution >= 4 is 27.2 Å². The number of hydrogen-bond donors (Lipinski definition) is 2. The number of nitrogens with two attached hydrogens (primary N) is 1. The summed E-state index contributed by atoms with van der Waals surface area (Å²) >= 11 is 0. The van der Waals surface area contributed by atoms with Crippen LogP contribution in [0, 0.1) is 27.7 Å². The van der Waals surface area contributed by atoms with Crippen molar-refractivity contribution in [3.8, 4) is 0 Å². The van der Waals surface area contributed by atoms with Gasteiger partial charge in [-0.2, -0.15) is 0 Å². The highest BCUT2D eigenvalue weighted by Gasteiger charge is 2.27. The Kier molecular flexibility index (Phi) is 5.43. The van der Waals surface area contributed by atoms with Gasteiger partial charge in [0.2, 0.25) is 20.8 Å². The Balaban J connectivity index is 1.84. The molecule has 1 heterocycles. The average Bonchev–Trinajstić information content (AvgIpc) is 3.01. The van der Waals surface area contributed by atoms with Gasteiger partial charge in [-0.3, -0.25) is 4.79 Å². The highest BCUT2D eigenvalue weighted by Crippen LogP contribution is 2.25. The molecule has 2 aromatic carbocycles. The first-order valence-corrected chi connectivity index (χ1v) is 10.5. The molecule has 0 aliphatic carbocycles. The molecule has 0 radical (unpaired) electrons. The summed E-state index contributed by atoms with van der Waals surface area (Å²) in [6, 6.07) is 10.5. The van der Waals surface area contributed by atoms with Crippen LogP contribution < -0.4 is 11.1 Å². The summed E-state index contributed by atoms with van der Waals surface area (Å²) in [6.45, 7) is 7.27. The fourth-order valence-corrected chi connectivity index (χ4v) is 4.13. The zero-order valence-electron chi connectivity index (χ0n) is 16.7. The van der Waals surface area contributed by atoms with Gasteiger partial charge in [-0.05, 0) is 68.1 Å². The molecule has 1 amide bonds. The van der Waals surface area contributed by atoms with Gasteiger partial charge in [-0.1, -0.05) is 23.4 Å². The van der Waals surface area contributed by atoms with Crippen LogP contribution in [0.1, 0.15) is 22.3 Å². The molecule has 0 saturated heterocycles. The van der Waals surface area contributed by atoms with Gasteiger partial charge < -0.3 is 11.1 Å². The van der Waals surface area contributed by atoms with Crippen LogP contribution in [0.15, 0.2) is 46.3 Å². The highest BCUT2D eigenvalue weighted by atomic mass is 32.2. The number of benzene rings is 2. The minimum atomic E-state index is -3.95. The smallest absolute Gasteiger partial charge is 0.246 e. The Morgan fingerprint density at radius 2 is 1.72 bits per heavy atom. The molecular formula is C20H23N5O3S. The first-order valence-electron chi connectivity index (χ1n) is 8.98. The third-order valence-electron chi connectivity index (χ3n) is 4.74. The molecule has 0 atom stereocenters. The Hall–Kier alpha value is -3.20. The molecule has 29 heavy (non-hydrogen) atoms. The zero-order chi connectivity index (χ0) is 21.3. The molecule has 0 aliphatic heterocycles. The van der Waals surface area contributed by atoms with Crippen LogP contribution in [0.25, 0.3) is 0 Å². The number of aromatic nitrogens is 3. The van der Waals surface area contributed by atoms with E-state index in [2.05, 4.69) is 15.6 Å². The monoisotopic (exact) mass is 413 g/mol. The SMILES string of the molecule is Cc1ccc(C)c(NC(=O)Cn2nnc(S(=O)(=O)c3ccc(C)c(C)c3)c2N)c1. The molecule has 0 bridgehead atoms. The lowest BCUT2D eigenvalue weighted by molar-refractivity contribution is -0.116. The maximum Gasteiger partial charge on any atom is 0.246 e. The second-order valence-corrected chi connectivity index (χ2v) is 8.92. The van der Waals surface area contributed by atoms with Crippen molar-refractivity contribution in [3.05, 3.63) is 58.7 Å². The van der Waals surface area contributed by atoms with E-state index < -0.39 is 9.84 Å². The Labute approximate surface area is 169 Å². The molecule has 0 unspecified atom stereocenters. The van der Waals surface area contributed by atoms with E-state index in [0.29, 0.717) is 5.69 Å². The summed E-state index contributed by atoms with van der Waals surface area (Å²) in [6.07, 6.45) is 0. The number of aryl methyl sites for hydroxylation is 4. The number of rotatable bonds is 5. The average molecular weight is 414 g/mol. The quantitative estimate of drug-likeness (QED) is 0.663. The third-order valence-corrected chi connectivity index (χ3v) is 6.42. The van der Waals surface area contributed by atoms with Gasteiger partial charge in [-0.25, -0.2) is 13.1 Å². The Morgan fingerprint density at radius 1 is 1.03 bits per heavy atom. The maximum absolute atomic E-state index is 12.9. The standard InChI is InChI=1S/C20H23N5O3S/c1-12-5-6-14(3)17(9-12)22-18(26)11-25-19(21)20(23-24-25)29(27,28)16-8-7-13(2)15(4)10-16/h5-10H,11,21H2,1-4H3,(H,22,26). The van der Waals surface area contributed by atoms with Gasteiger partial charge in [0.15, 0.2) is 5.82 Å².